The van der Waals surface area contributed by atoms with E-state index in [9.17, 15) is 23.6 Å². The normalized spacial score (nSPS) is 20.4. The standard InChI is InChI=1S/C26H17ClFN3O4S3/c27-13-3-9-16(10-4-13)31-23(33)20-19(17-2-1-11-36-17)22-25(37-21(20)24(31)34)30(26(35)38-22)12-18(32)29-15-7-5-14(28)6-8-15/h1-11,19-21H,12H2,(H,29,32)/t19-,20?,21?/m0/s1. The predicted molar refractivity (Wildman–Crippen MR) is 147 cm³/mol. The lowest BCUT2D eigenvalue weighted by atomic mass is 9.87. The third kappa shape index (κ3) is 4.29. The highest BCUT2D eigenvalue weighted by molar-refractivity contribution is 8.00. The van der Waals surface area contributed by atoms with E-state index in [1.54, 1.807) is 24.3 Å². The lowest BCUT2D eigenvalue weighted by Gasteiger charge is -2.29. The summed E-state index contributed by atoms with van der Waals surface area (Å²) in [6.07, 6.45) is 0. The summed E-state index contributed by atoms with van der Waals surface area (Å²) in [4.78, 5) is 55.7. The van der Waals surface area contributed by atoms with Crippen molar-refractivity contribution >= 4 is 75.1 Å². The highest BCUT2D eigenvalue weighted by atomic mass is 35.5. The fourth-order valence-corrected chi connectivity index (χ4v) is 8.60. The molecule has 2 unspecified atom stereocenters. The Morgan fingerprint density at radius 3 is 2.42 bits per heavy atom. The van der Waals surface area contributed by atoms with Crippen molar-refractivity contribution < 1.29 is 18.8 Å². The van der Waals surface area contributed by atoms with Crippen molar-refractivity contribution in [2.75, 3.05) is 10.2 Å². The number of nitrogens with zero attached hydrogens (tertiary/aromatic N) is 2. The van der Waals surface area contributed by atoms with E-state index >= 15 is 0 Å². The number of imide groups is 1. The third-order valence-electron chi connectivity index (χ3n) is 6.41. The molecule has 0 spiro atoms. The molecule has 1 fully saturated rings. The van der Waals surface area contributed by atoms with Gasteiger partial charge in [0.15, 0.2) is 0 Å². The summed E-state index contributed by atoms with van der Waals surface area (Å²) >= 11 is 9.60. The molecule has 12 heteroatoms. The number of hydrogen-bond donors (Lipinski definition) is 1. The van der Waals surface area contributed by atoms with Crippen molar-refractivity contribution in [1.29, 1.82) is 0 Å². The molecule has 7 nitrogen and oxygen atoms in total. The molecule has 3 amide bonds. The van der Waals surface area contributed by atoms with Gasteiger partial charge in [0, 0.05) is 26.4 Å². The molecule has 4 aromatic rings. The largest absolute Gasteiger partial charge is 0.325 e. The zero-order chi connectivity index (χ0) is 26.6. The van der Waals surface area contributed by atoms with Gasteiger partial charge >= 0.3 is 4.87 Å². The molecule has 6 rings (SSSR count). The molecule has 1 saturated heterocycles. The Bertz CT molecular complexity index is 1620. The van der Waals surface area contributed by atoms with Crippen LogP contribution in [-0.2, 0) is 20.9 Å². The molecule has 2 aromatic heterocycles. The molecule has 0 saturated carbocycles. The maximum atomic E-state index is 13.7. The topological polar surface area (TPSA) is 88.5 Å². The smallest absolute Gasteiger partial charge is 0.308 e. The van der Waals surface area contributed by atoms with Gasteiger partial charge in [-0.15, -0.1) is 11.3 Å². The molecule has 4 heterocycles. The highest BCUT2D eigenvalue weighted by Crippen LogP contribution is 2.54. The van der Waals surface area contributed by atoms with Crippen LogP contribution in [0.15, 0.2) is 75.9 Å². The number of hydrogen-bond acceptors (Lipinski definition) is 7. The Hall–Kier alpha value is -3.25. The first-order valence-corrected chi connectivity index (χ1v) is 14.4. The van der Waals surface area contributed by atoms with E-state index in [0.717, 1.165) is 28.0 Å². The predicted octanol–water partition coefficient (Wildman–Crippen LogP) is 5.20. The van der Waals surface area contributed by atoms with Gasteiger partial charge in [-0.3, -0.25) is 23.7 Å². The molecule has 2 aliphatic heterocycles. The number of rotatable bonds is 5. The van der Waals surface area contributed by atoms with Gasteiger partial charge < -0.3 is 5.32 Å². The van der Waals surface area contributed by atoms with Crippen molar-refractivity contribution in [1.82, 2.24) is 4.57 Å². The summed E-state index contributed by atoms with van der Waals surface area (Å²) in [5.41, 5.74) is 0.830. The maximum Gasteiger partial charge on any atom is 0.308 e. The molecule has 0 radical (unpaired) electrons. The van der Waals surface area contributed by atoms with Crippen molar-refractivity contribution in [3.05, 3.63) is 96.3 Å². The third-order valence-corrected chi connectivity index (χ3v) is 10.2. The fraction of sp³-hybridized carbons (Fsp3) is 0.154. The van der Waals surface area contributed by atoms with Gasteiger partial charge in [0.1, 0.15) is 17.6 Å². The van der Waals surface area contributed by atoms with Crippen LogP contribution in [0.4, 0.5) is 15.8 Å². The number of aromatic nitrogens is 1. The lowest BCUT2D eigenvalue weighted by molar-refractivity contribution is -0.122. The first-order chi connectivity index (χ1) is 18.3. The zero-order valence-corrected chi connectivity index (χ0v) is 22.5. The van der Waals surface area contributed by atoms with Gasteiger partial charge in [0.05, 0.1) is 16.6 Å². The average Bonchev–Trinajstić information content (AvgIpc) is 3.59. The van der Waals surface area contributed by atoms with Crippen LogP contribution in [-0.4, -0.2) is 27.5 Å². The molecule has 192 valence electrons. The van der Waals surface area contributed by atoms with Gasteiger partial charge in [-0.2, -0.15) is 0 Å². The van der Waals surface area contributed by atoms with E-state index in [-0.39, 0.29) is 23.2 Å². The molecular formula is C26H17ClFN3O4S3. The van der Waals surface area contributed by atoms with E-state index in [1.165, 1.54) is 45.1 Å². The zero-order valence-electron chi connectivity index (χ0n) is 19.3. The summed E-state index contributed by atoms with van der Waals surface area (Å²) in [5, 5.41) is 4.79. The van der Waals surface area contributed by atoms with Gasteiger partial charge in [-0.05, 0) is 60.0 Å². The molecule has 3 atom stereocenters. The quantitative estimate of drug-likeness (QED) is 0.325. The number of fused-ring (bicyclic) bond motifs is 2. The number of amides is 3. The van der Waals surface area contributed by atoms with Crippen LogP contribution in [0.3, 0.4) is 0 Å². The molecule has 0 bridgehead atoms. The van der Waals surface area contributed by atoms with Gasteiger partial charge in [0.25, 0.3) is 0 Å². The molecule has 0 aliphatic carbocycles. The lowest BCUT2D eigenvalue weighted by Crippen LogP contribution is -2.32. The fourth-order valence-electron chi connectivity index (χ4n) is 4.75. The highest BCUT2D eigenvalue weighted by Gasteiger charge is 2.57. The maximum absolute atomic E-state index is 13.7. The Labute approximate surface area is 232 Å². The number of thiophene rings is 1. The molecule has 38 heavy (non-hydrogen) atoms. The van der Waals surface area contributed by atoms with Gasteiger partial charge in [-0.1, -0.05) is 40.8 Å². The number of benzene rings is 2. The average molecular weight is 586 g/mol. The number of anilines is 2. The minimum Gasteiger partial charge on any atom is -0.325 e. The van der Waals surface area contributed by atoms with Gasteiger partial charge in [0.2, 0.25) is 17.7 Å². The minimum absolute atomic E-state index is 0.285. The SMILES string of the molecule is O=C(Cn1c2c(sc1=O)[C@@H](c1cccs1)C1C(=O)N(c3ccc(Cl)cc3)C(=O)C1S2)Nc1ccc(F)cc1. The number of nitrogens with one attached hydrogen (secondary N) is 1. The van der Waals surface area contributed by atoms with Crippen LogP contribution in [0.1, 0.15) is 15.7 Å². The van der Waals surface area contributed by atoms with Crippen LogP contribution in [0, 0.1) is 11.7 Å². The first-order valence-electron chi connectivity index (χ1n) is 11.4. The number of carbonyl (C=O) groups excluding carboxylic acids is 3. The van der Waals surface area contributed by atoms with Crippen molar-refractivity contribution in [3.63, 3.8) is 0 Å². The number of thiazole rings is 1. The first kappa shape index (κ1) is 25.1. The molecular weight excluding hydrogens is 569 g/mol. The van der Waals surface area contributed by atoms with Crippen molar-refractivity contribution in [3.8, 4) is 0 Å². The van der Waals surface area contributed by atoms with Crippen LogP contribution in [0.25, 0.3) is 0 Å². The van der Waals surface area contributed by atoms with Crippen molar-refractivity contribution in [2.45, 2.75) is 22.7 Å². The van der Waals surface area contributed by atoms with Crippen LogP contribution < -0.4 is 15.1 Å². The van der Waals surface area contributed by atoms with Gasteiger partial charge in [-0.25, -0.2) is 9.29 Å². The second-order valence-electron chi connectivity index (χ2n) is 8.72. The summed E-state index contributed by atoms with van der Waals surface area (Å²) in [5.74, 6) is -2.80. The second-order valence-corrected chi connectivity index (χ2v) is 12.3. The second kappa shape index (κ2) is 9.81. The number of carbonyl (C=O) groups is 3. The van der Waals surface area contributed by atoms with E-state index in [4.69, 9.17) is 11.6 Å². The summed E-state index contributed by atoms with van der Waals surface area (Å²) in [6, 6.07) is 15.6. The summed E-state index contributed by atoms with van der Waals surface area (Å²) in [6.45, 7) is -0.285. The molecule has 2 aromatic carbocycles. The molecule has 1 N–H and O–H groups in total. The Kier molecular flexibility index (Phi) is 6.47. The van der Waals surface area contributed by atoms with Crippen LogP contribution >= 0.6 is 46.0 Å². The van der Waals surface area contributed by atoms with E-state index in [2.05, 4.69) is 5.32 Å². The summed E-state index contributed by atoms with van der Waals surface area (Å²) in [7, 11) is 0. The van der Waals surface area contributed by atoms with Crippen LogP contribution in [0.5, 0.6) is 0 Å². The Morgan fingerprint density at radius 2 is 1.74 bits per heavy atom. The van der Waals surface area contributed by atoms with E-state index in [0.29, 0.717) is 26.3 Å². The molecule has 2 aliphatic rings. The Morgan fingerprint density at radius 1 is 1.00 bits per heavy atom. The summed E-state index contributed by atoms with van der Waals surface area (Å²) < 4.78 is 14.6. The van der Waals surface area contributed by atoms with E-state index in [1.807, 2.05) is 17.5 Å². The number of thioether (sulfide) groups is 1. The number of halogens is 2. The monoisotopic (exact) mass is 585 g/mol. The minimum atomic E-state index is -0.766. The Balaban J connectivity index is 1.38. The van der Waals surface area contributed by atoms with Crippen LogP contribution in [0.2, 0.25) is 5.02 Å². The van der Waals surface area contributed by atoms with Crippen molar-refractivity contribution in [2.24, 2.45) is 5.92 Å². The van der Waals surface area contributed by atoms with E-state index < -0.39 is 28.8 Å².